The van der Waals surface area contributed by atoms with E-state index in [9.17, 15) is 4.79 Å². The van der Waals surface area contributed by atoms with Crippen LogP contribution in [-0.2, 0) is 6.42 Å². The Labute approximate surface area is 192 Å². The van der Waals surface area contributed by atoms with Crippen LogP contribution in [0.15, 0.2) is 53.1 Å². The maximum atomic E-state index is 12.3. The van der Waals surface area contributed by atoms with E-state index in [0.717, 1.165) is 48.4 Å². The zero-order chi connectivity index (χ0) is 22.7. The van der Waals surface area contributed by atoms with E-state index in [-0.39, 0.29) is 6.03 Å². The van der Waals surface area contributed by atoms with E-state index < -0.39 is 5.79 Å². The minimum absolute atomic E-state index is 0.292. The predicted molar refractivity (Wildman–Crippen MR) is 123 cm³/mol. The molecule has 3 aromatic rings. The molecule has 0 unspecified atom stereocenters. The van der Waals surface area contributed by atoms with E-state index in [2.05, 4.69) is 15.6 Å². The highest BCUT2D eigenvalue weighted by atomic mass is 16.7. The number of nitrogens with zero attached hydrogens (tertiary/aromatic N) is 1. The number of methoxy groups -OCH3 is 1. The molecule has 8 nitrogen and oxygen atoms in total. The monoisotopic (exact) mass is 449 g/mol. The fourth-order valence-electron chi connectivity index (χ4n) is 4.23. The molecule has 0 atom stereocenters. The highest BCUT2D eigenvalue weighted by molar-refractivity contribution is 5.89. The number of aromatic nitrogens is 1. The maximum absolute atomic E-state index is 12.3. The van der Waals surface area contributed by atoms with Gasteiger partial charge in [0.25, 0.3) is 5.79 Å². The molecule has 1 aromatic heterocycles. The number of rotatable bonds is 6. The Bertz CT molecular complexity index is 1120. The molecule has 8 heteroatoms. The minimum Gasteiger partial charge on any atom is -0.497 e. The fourth-order valence-corrected chi connectivity index (χ4v) is 4.23. The van der Waals surface area contributed by atoms with Crippen LogP contribution in [0, 0.1) is 0 Å². The van der Waals surface area contributed by atoms with Crippen molar-refractivity contribution in [1.82, 2.24) is 10.3 Å². The average molecular weight is 450 g/mol. The van der Waals surface area contributed by atoms with Crippen molar-refractivity contribution in [2.75, 3.05) is 19.0 Å². The van der Waals surface area contributed by atoms with Crippen molar-refractivity contribution in [3.05, 3.63) is 54.4 Å². The minimum atomic E-state index is -0.524. The number of amides is 2. The van der Waals surface area contributed by atoms with Crippen molar-refractivity contribution in [2.45, 2.75) is 44.3 Å². The summed E-state index contributed by atoms with van der Waals surface area (Å²) in [5, 5.41) is 5.70. The van der Waals surface area contributed by atoms with E-state index in [4.69, 9.17) is 18.6 Å². The molecular formula is C25H27N3O5. The van der Waals surface area contributed by atoms with Crippen molar-refractivity contribution in [3.63, 3.8) is 0 Å². The lowest BCUT2D eigenvalue weighted by Gasteiger charge is -2.31. The first kappa shape index (κ1) is 21.2. The Morgan fingerprint density at radius 2 is 1.85 bits per heavy atom. The number of anilines is 1. The van der Waals surface area contributed by atoms with E-state index in [0.29, 0.717) is 30.3 Å². The summed E-state index contributed by atoms with van der Waals surface area (Å²) >= 11 is 0. The highest BCUT2D eigenvalue weighted by Crippen LogP contribution is 2.46. The van der Waals surface area contributed by atoms with E-state index in [1.165, 1.54) is 6.42 Å². The summed E-state index contributed by atoms with van der Waals surface area (Å²) < 4.78 is 22.9. The summed E-state index contributed by atoms with van der Waals surface area (Å²) in [6.07, 6.45) is 7.38. The van der Waals surface area contributed by atoms with Crippen LogP contribution < -0.4 is 24.8 Å². The van der Waals surface area contributed by atoms with Gasteiger partial charge in [0.2, 0.25) is 5.89 Å². The van der Waals surface area contributed by atoms with E-state index in [1.807, 2.05) is 42.5 Å². The van der Waals surface area contributed by atoms with Gasteiger partial charge in [-0.2, -0.15) is 0 Å². The first-order valence-electron chi connectivity index (χ1n) is 11.3. The smallest absolute Gasteiger partial charge is 0.319 e. The summed E-state index contributed by atoms with van der Waals surface area (Å²) in [6, 6.07) is 12.7. The Hall–Kier alpha value is -3.68. The van der Waals surface area contributed by atoms with Gasteiger partial charge >= 0.3 is 6.03 Å². The van der Waals surface area contributed by atoms with Gasteiger partial charge in [-0.05, 0) is 49.2 Å². The molecule has 33 heavy (non-hydrogen) atoms. The molecule has 2 heterocycles. The molecule has 5 rings (SSSR count). The van der Waals surface area contributed by atoms with E-state index >= 15 is 0 Å². The number of hydrogen-bond donors (Lipinski definition) is 2. The van der Waals surface area contributed by atoms with Crippen LogP contribution in [0.4, 0.5) is 10.5 Å². The van der Waals surface area contributed by atoms with E-state index in [1.54, 1.807) is 13.4 Å². The molecule has 1 spiro atoms. The van der Waals surface area contributed by atoms with Crippen LogP contribution in [0.2, 0.25) is 0 Å². The van der Waals surface area contributed by atoms with Crippen LogP contribution in [-0.4, -0.2) is 30.5 Å². The van der Waals surface area contributed by atoms with Crippen LogP contribution in [0.3, 0.4) is 0 Å². The second kappa shape index (κ2) is 9.05. The van der Waals surface area contributed by atoms with Crippen LogP contribution in [0.1, 0.15) is 37.8 Å². The summed E-state index contributed by atoms with van der Waals surface area (Å²) in [5.74, 6) is 2.21. The number of fused-ring (bicyclic) bond motifs is 1. The Morgan fingerprint density at radius 1 is 1.06 bits per heavy atom. The van der Waals surface area contributed by atoms with Crippen molar-refractivity contribution < 1.29 is 23.4 Å². The molecule has 0 bridgehead atoms. The second-order valence-electron chi connectivity index (χ2n) is 8.34. The number of urea groups is 1. The quantitative estimate of drug-likeness (QED) is 0.541. The van der Waals surface area contributed by atoms with Crippen molar-refractivity contribution in [1.29, 1.82) is 0 Å². The average Bonchev–Trinajstić information content (AvgIpc) is 3.44. The molecule has 1 fully saturated rings. The van der Waals surface area contributed by atoms with Gasteiger partial charge in [-0.25, -0.2) is 9.78 Å². The third-order valence-corrected chi connectivity index (χ3v) is 5.96. The molecule has 2 amide bonds. The summed E-state index contributed by atoms with van der Waals surface area (Å²) in [7, 11) is 1.63. The molecule has 0 saturated heterocycles. The van der Waals surface area contributed by atoms with Gasteiger partial charge in [0, 0.05) is 43.1 Å². The van der Waals surface area contributed by atoms with Gasteiger partial charge in [-0.1, -0.05) is 6.42 Å². The van der Waals surface area contributed by atoms with Crippen LogP contribution >= 0.6 is 0 Å². The third kappa shape index (κ3) is 4.74. The largest absolute Gasteiger partial charge is 0.497 e. The maximum Gasteiger partial charge on any atom is 0.319 e. The molecule has 1 saturated carbocycles. The van der Waals surface area contributed by atoms with Gasteiger partial charge in [0.15, 0.2) is 11.5 Å². The third-order valence-electron chi connectivity index (χ3n) is 5.96. The summed E-state index contributed by atoms with van der Waals surface area (Å²) in [4.78, 5) is 16.8. The molecule has 2 N–H and O–H groups in total. The lowest BCUT2D eigenvalue weighted by Crippen LogP contribution is -2.40. The number of hydrogen-bond acceptors (Lipinski definition) is 6. The first-order valence-corrected chi connectivity index (χ1v) is 11.3. The Morgan fingerprint density at radius 3 is 2.64 bits per heavy atom. The van der Waals surface area contributed by atoms with Crippen molar-refractivity contribution in [3.8, 4) is 28.7 Å². The molecule has 0 radical (unpaired) electrons. The zero-order valence-corrected chi connectivity index (χ0v) is 18.6. The normalized spacial score (nSPS) is 15.9. The topological polar surface area (TPSA) is 94.9 Å². The number of nitrogens with one attached hydrogen (secondary N) is 2. The molecule has 172 valence electrons. The molecular weight excluding hydrogens is 422 g/mol. The Balaban J connectivity index is 1.11. The SMILES string of the molecule is COc1ccc(-c2nc(CCNC(=O)Nc3ccc4c(c3)OC3(CCCCC3)O4)co2)cc1. The molecule has 2 aromatic carbocycles. The van der Waals surface area contributed by atoms with Gasteiger partial charge in [0.05, 0.1) is 12.8 Å². The van der Waals surface area contributed by atoms with Crippen molar-refractivity contribution in [2.24, 2.45) is 0 Å². The summed E-state index contributed by atoms with van der Waals surface area (Å²) in [6.45, 7) is 0.425. The standard InChI is InChI=1S/C25H27N3O5/c1-30-20-8-5-17(6-9-20)23-27-19(16-31-23)11-14-26-24(29)28-18-7-10-21-22(15-18)33-25(32-21)12-3-2-4-13-25/h5-10,15-16H,2-4,11-14H2,1H3,(H2,26,28,29). The number of carbonyl (C=O) groups is 1. The van der Waals surface area contributed by atoms with Gasteiger partial charge in [-0.15, -0.1) is 0 Å². The zero-order valence-electron chi connectivity index (χ0n) is 18.6. The second-order valence-corrected chi connectivity index (χ2v) is 8.34. The summed E-state index contributed by atoms with van der Waals surface area (Å²) in [5.41, 5.74) is 2.29. The number of ether oxygens (including phenoxy) is 3. The number of benzene rings is 2. The molecule has 1 aliphatic carbocycles. The lowest BCUT2D eigenvalue weighted by atomic mass is 9.94. The predicted octanol–water partition coefficient (Wildman–Crippen LogP) is 5.15. The van der Waals surface area contributed by atoms with Crippen LogP contribution in [0.25, 0.3) is 11.5 Å². The Kier molecular flexibility index (Phi) is 5.81. The fraction of sp³-hybridized carbons (Fsp3) is 0.360. The van der Waals surface area contributed by atoms with Gasteiger partial charge < -0.3 is 29.3 Å². The van der Waals surface area contributed by atoms with Crippen LogP contribution in [0.5, 0.6) is 17.2 Å². The lowest BCUT2D eigenvalue weighted by molar-refractivity contribution is -0.105. The van der Waals surface area contributed by atoms with Gasteiger partial charge in [-0.3, -0.25) is 0 Å². The highest BCUT2D eigenvalue weighted by Gasteiger charge is 2.42. The molecule has 1 aliphatic heterocycles. The van der Waals surface area contributed by atoms with Crippen molar-refractivity contribution >= 4 is 11.7 Å². The first-order chi connectivity index (χ1) is 16.1. The number of oxazole rings is 1. The number of carbonyl (C=O) groups excluding carboxylic acids is 1. The van der Waals surface area contributed by atoms with Gasteiger partial charge in [0.1, 0.15) is 12.0 Å². The molecule has 2 aliphatic rings.